The van der Waals surface area contributed by atoms with Crippen LogP contribution in [0.1, 0.15) is 80.3 Å². The van der Waals surface area contributed by atoms with Gasteiger partial charge in [0.05, 0.1) is 6.20 Å². The van der Waals surface area contributed by atoms with Crippen LogP contribution in [0.2, 0.25) is 0 Å². The van der Waals surface area contributed by atoms with Gasteiger partial charge in [-0.2, -0.15) is 0 Å². The zero-order valence-electron chi connectivity index (χ0n) is 20.8. The Hall–Kier alpha value is -2.71. The van der Waals surface area contributed by atoms with Gasteiger partial charge >= 0.3 is 0 Å². The maximum atomic E-state index is 12.0. The topological polar surface area (TPSA) is 113 Å². The van der Waals surface area contributed by atoms with Crippen molar-refractivity contribution in [2.24, 2.45) is 11.5 Å². The fourth-order valence-corrected chi connectivity index (χ4v) is 6.12. The summed E-state index contributed by atoms with van der Waals surface area (Å²) in [5, 5.41) is 3.29. The van der Waals surface area contributed by atoms with Crippen LogP contribution in [0, 0.1) is 0 Å². The summed E-state index contributed by atoms with van der Waals surface area (Å²) in [6.07, 6.45) is 11.6. The molecule has 1 saturated carbocycles. The van der Waals surface area contributed by atoms with E-state index in [-0.39, 0.29) is 17.8 Å². The molecule has 2 saturated heterocycles. The second-order valence-electron chi connectivity index (χ2n) is 10.5. The fourth-order valence-electron chi connectivity index (χ4n) is 6.12. The second kappa shape index (κ2) is 10.5. The Labute approximate surface area is 208 Å². The van der Waals surface area contributed by atoms with Crippen LogP contribution in [0.15, 0.2) is 30.5 Å². The lowest BCUT2D eigenvalue weighted by atomic mass is 9.88. The zero-order chi connectivity index (χ0) is 24.4. The van der Waals surface area contributed by atoms with Gasteiger partial charge in [-0.25, -0.2) is 9.97 Å². The summed E-state index contributed by atoms with van der Waals surface area (Å²) in [5.74, 6) is 1.11. The molecule has 1 aliphatic carbocycles. The minimum absolute atomic E-state index is 0.0929. The van der Waals surface area contributed by atoms with E-state index in [0.29, 0.717) is 17.6 Å². The molecule has 0 bridgehead atoms. The highest BCUT2D eigenvalue weighted by molar-refractivity contribution is 5.96. The van der Waals surface area contributed by atoms with Crippen molar-refractivity contribution in [2.45, 2.75) is 82.3 Å². The number of anilines is 3. The second-order valence-corrected chi connectivity index (χ2v) is 10.5. The van der Waals surface area contributed by atoms with Crippen LogP contribution in [0.5, 0.6) is 0 Å². The van der Waals surface area contributed by atoms with Gasteiger partial charge in [-0.15, -0.1) is 0 Å². The summed E-state index contributed by atoms with van der Waals surface area (Å²) in [7, 11) is 0. The van der Waals surface area contributed by atoms with Crippen LogP contribution in [0.25, 0.3) is 0 Å². The van der Waals surface area contributed by atoms with Gasteiger partial charge in [0.2, 0.25) is 0 Å². The van der Waals surface area contributed by atoms with Gasteiger partial charge in [0.25, 0.3) is 5.91 Å². The smallest absolute Gasteiger partial charge is 0.271 e. The van der Waals surface area contributed by atoms with Crippen molar-refractivity contribution in [3.63, 3.8) is 0 Å². The molecule has 1 aromatic heterocycles. The van der Waals surface area contributed by atoms with Gasteiger partial charge < -0.3 is 26.6 Å². The van der Waals surface area contributed by atoms with Crippen molar-refractivity contribution in [1.29, 1.82) is 0 Å². The third-order valence-electron chi connectivity index (χ3n) is 8.35. The maximum absolute atomic E-state index is 12.0. The highest BCUT2D eigenvalue weighted by Crippen LogP contribution is 2.33. The summed E-state index contributed by atoms with van der Waals surface area (Å²) in [5.41, 5.74) is 14.3. The normalized spacial score (nSPS) is 24.6. The number of rotatable bonds is 6. The number of nitrogens with one attached hydrogen (secondary N) is 1. The number of carbonyl (C=O) groups is 1. The molecule has 5 rings (SSSR count). The highest BCUT2D eigenvalue weighted by atomic mass is 16.1. The Morgan fingerprint density at radius 1 is 1.00 bits per heavy atom. The lowest BCUT2D eigenvalue weighted by Crippen LogP contribution is -2.50. The molecular formula is C27H39N7O. The first kappa shape index (κ1) is 24.0. The van der Waals surface area contributed by atoms with Crippen LogP contribution >= 0.6 is 0 Å². The van der Waals surface area contributed by atoms with Gasteiger partial charge in [-0.3, -0.25) is 4.79 Å². The number of nitrogens with two attached hydrogens (primary N) is 2. The van der Waals surface area contributed by atoms with Gasteiger partial charge in [0.1, 0.15) is 5.82 Å². The number of nitrogens with zero attached hydrogens (tertiary/aromatic N) is 4. The van der Waals surface area contributed by atoms with E-state index in [2.05, 4.69) is 51.3 Å². The SMILES string of the molecule is C[C@@H]1[C@H](N)CCCN1c1cnc(C(N)=O)c(Nc2ccc(C3CCN(C4CCCC4)CC3)cc2)n1. The zero-order valence-corrected chi connectivity index (χ0v) is 20.8. The number of hydrogen-bond donors (Lipinski definition) is 3. The number of primary amides is 1. The molecule has 3 aliphatic rings. The molecule has 5 N–H and O–H groups in total. The number of benzene rings is 1. The number of hydrogen-bond acceptors (Lipinski definition) is 7. The van der Waals surface area contributed by atoms with E-state index in [1.54, 1.807) is 6.20 Å². The average Bonchev–Trinajstić information content (AvgIpc) is 3.41. The summed E-state index contributed by atoms with van der Waals surface area (Å²) in [4.78, 5) is 26.0. The van der Waals surface area contributed by atoms with Crippen LogP contribution in [-0.2, 0) is 0 Å². The van der Waals surface area contributed by atoms with E-state index in [4.69, 9.17) is 16.5 Å². The molecule has 0 spiro atoms. The minimum atomic E-state index is -0.597. The van der Waals surface area contributed by atoms with E-state index in [1.165, 1.54) is 57.2 Å². The number of amides is 1. The average molecular weight is 478 g/mol. The van der Waals surface area contributed by atoms with Crippen LogP contribution in [-0.4, -0.2) is 58.5 Å². The first-order chi connectivity index (χ1) is 17.0. The summed E-state index contributed by atoms with van der Waals surface area (Å²) in [6.45, 7) is 5.39. The standard InChI is InChI=1S/C27H39N7O/c1-18-23(28)7-4-14-34(18)24-17-30-25(26(29)35)27(32-24)31-21-10-8-19(9-11-21)20-12-15-33(16-13-20)22-5-2-3-6-22/h8-11,17-18,20,22-23H,2-7,12-16,28H2,1H3,(H2,29,35)(H,31,32)/t18-,23-/m1/s1. The molecule has 1 aromatic carbocycles. The molecule has 1 amide bonds. The van der Waals surface area contributed by atoms with E-state index in [1.807, 2.05) is 0 Å². The highest BCUT2D eigenvalue weighted by Gasteiger charge is 2.29. The number of piperidine rings is 2. The van der Waals surface area contributed by atoms with Crippen molar-refractivity contribution in [3.8, 4) is 0 Å². The third-order valence-corrected chi connectivity index (χ3v) is 8.35. The molecule has 188 valence electrons. The largest absolute Gasteiger partial charge is 0.364 e. The molecule has 0 unspecified atom stereocenters. The molecular weight excluding hydrogens is 438 g/mol. The molecule has 35 heavy (non-hydrogen) atoms. The molecule has 8 nitrogen and oxygen atoms in total. The maximum Gasteiger partial charge on any atom is 0.271 e. The van der Waals surface area contributed by atoms with E-state index in [0.717, 1.165) is 31.1 Å². The minimum Gasteiger partial charge on any atom is -0.364 e. The quantitative estimate of drug-likeness (QED) is 0.580. The Morgan fingerprint density at radius 2 is 1.71 bits per heavy atom. The van der Waals surface area contributed by atoms with E-state index in [9.17, 15) is 4.79 Å². The molecule has 0 radical (unpaired) electrons. The van der Waals surface area contributed by atoms with Crippen LogP contribution in [0.3, 0.4) is 0 Å². The van der Waals surface area contributed by atoms with Crippen molar-refractivity contribution in [1.82, 2.24) is 14.9 Å². The van der Waals surface area contributed by atoms with Gasteiger partial charge in [-0.1, -0.05) is 25.0 Å². The van der Waals surface area contributed by atoms with Crippen LogP contribution in [0.4, 0.5) is 17.3 Å². The number of carbonyl (C=O) groups excluding carboxylic acids is 1. The molecule has 2 aromatic rings. The van der Waals surface area contributed by atoms with Gasteiger partial charge in [0, 0.05) is 30.4 Å². The van der Waals surface area contributed by atoms with Crippen molar-refractivity contribution < 1.29 is 4.79 Å². The molecule has 2 atom stereocenters. The summed E-state index contributed by atoms with van der Waals surface area (Å²) in [6, 6.07) is 9.60. The molecule has 8 heteroatoms. The number of likely N-dealkylation sites (tertiary alicyclic amines) is 1. The summed E-state index contributed by atoms with van der Waals surface area (Å²) < 4.78 is 0. The Kier molecular flexibility index (Phi) is 7.20. The lowest BCUT2D eigenvalue weighted by molar-refractivity contribution is 0.0996. The fraction of sp³-hybridized carbons (Fsp3) is 0.593. The summed E-state index contributed by atoms with van der Waals surface area (Å²) >= 11 is 0. The first-order valence-corrected chi connectivity index (χ1v) is 13.3. The van der Waals surface area contributed by atoms with E-state index >= 15 is 0 Å². The Bertz CT molecular complexity index is 1010. The molecule has 3 fully saturated rings. The van der Waals surface area contributed by atoms with E-state index < -0.39 is 5.91 Å². The predicted molar refractivity (Wildman–Crippen MR) is 140 cm³/mol. The van der Waals surface area contributed by atoms with Gasteiger partial charge in [-0.05, 0) is 82.2 Å². The molecule has 3 heterocycles. The lowest BCUT2D eigenvalue weighted by Gasteiger charge is -2.38. The first-order valence-electron chi connectivity index (χ1n) is 13.3. The Morgan fingerprint density at radius 3 is 2.40 bits per heavy atom. The third kappa shape index (κ3) is 5.28. The predicted octanol–water partition coefficient (Wildman–Crippen LogP) is 3.76. The van der Waals surface area contributed by atoms with Crippen molar-refractivity contribution >= 4 is 23.2 Å². The molecule has 2 aliphatic heterocycles. The van der Waals surface area contributed by atoms with Crippen LogP contribution < -0.4 is 21.7 Å². The van der Waals surface area contributed by atoms with Gasteiger partial charge in [0.15, 0.2) is 11.5 Å². The van der Waals surface area contributed by atoms with Crippen molar-refractivity contribution in [3.05, 3.63) is 41.7 Å². The monoisotopic (exact) mass is 477 g/mol. The van der Waals surface area contributed by atoms with Crippen molar-refractivity contribution in [2.75, 3.05) is 29.9 Å². The Balaban J connectivity index is 1.27. The number of aromatic nitrogens is 2.